The fraction of sp³-hybridized carbons (Fsp3) is 0.429. The Morgan fingerprint density at radius 3 is 2.48 bits per heavy atom. The van der Waals surface area contributed by atoms with Gasteiger partial charge in [-0.1, -0.05) is 19.1 Å². The summed E-state index contributed by atoms with van der Waals surface area (Å²) < 4.78 is 24.9. The molecule has 0 spiro atoms. The van der Waals surface area contributed by atoms with Gasteiger partial charge in [-0.15, -0.1) is 0 Å². The van der Waals surface area contributed by atoms with Crippen molar-refractivity contribution >= 4 is 27.4 Å². The van der Waals surface area contributed by atoms with E-state index < -0.39 is 10.0 Å². The number of nitrogens with one attached hydrogen (secondary N) is 1. The summed E-state index contributed by atoms with van der Waals surface area (Å²) in [6, 6.07) is 6.42. The molecule has 0 bridgehead atoms. The van der Waals surface area contributed by atoms with Crippen molar-refractivity contribution in [1.82, 2.24) is 5.32 Å². The number of anilines is 1. The first-order valence-corrected chi connectivity index (χ1v) is 8.46. The molecule has 0 heterocycles. The third-order valence-corrected chi connectivity index (χ3v) is 4.09. The minimum Gasteiger partial charge on any atom is -0.354 e. The maximum absolute atomic E-state index is 11.9. The van der Waals surface area contributed by atoms with E-state index in [-0.39, 0.29) is 24.8 Å². The third-order valence-electron chi connectivity index (χ3n) is 2.90. The molecular formula is C14H20N2O4S. The molecule has 6 nitrogen and oxygen atoms in total. The predicted molar refractivity (Wildman–Crippen MR) is 81.9 cm³/mol. The third kappa shape index (κ3) is 5.18. The zero-order chi connectivity index (χ0) is 16.0. The van der Waals surface area contributed by atoms with Gasteiger partial charge in [0.05, 0.1) is 18.5 Å². The Morgan fingerprint density at radius 1 is 1.29 bits per heavy atom. The highest BCUT2D eigenvalue weighted by Gasteiger charge is 2.18. The van der Waals surface area contributed by atoms with Crippen LogP contribution in [-0.4, -0.2) is 39.5 Å². The molecule has 21 heavy (non-hydrogen) atoms. The second kappa shape index (κ2) is 7.21. The number of ketones is 1. The first-order chi connectivity index (χ1) is 9.75. The smallest absolute Gasteiger partial charge is 0.232 e. The molecule has 0 unspecified atom stereocenters. The van der Waals surface area contributed by atoms with Gasteiger partial charge in [-0.25, -0.2) is 8.42 Å². The number of amides is 1. The van der Waals surface area contributed by atoms with Crippen molar-refractivity contribution in [2.45, 2.75) is 20.3 Å². The molecule has 0 aromatic heterocycles. The maximum atomic E-state index is 11.9. The lowest BCUT2D eigenvalue weighted by Gasteiger charge is -2.23. The highest BCUT2D eigenvalue weighted by atomic mass is 32.2. The monoisotopic (exact) mass is 312 g/mol. The fourth-order valence-electron chi connectivity index (χ4n) is 1.79. The number of nitrogens with zero attached hydrogens (tertiary/aromatic N) is 1. The van der Waals surface area contributed by atoms with E-state index in [4.69, 9.17) is 0 Å². The number of Topliss-reactive ketones (excluding diaryl/α,β-unsaturated/α-hetero) is 1. The fourth-order valence-corrected chi connectivity index (χ4v) is 2.71. The van der Waals surface area contributed by atoms with E-state index >= 15 is 0 Å². The van der Waals surface area contributed by atoms with E-state index in [1.165, 1.54) is 17.3 Å². The standard InChI is InChI=1S/C14H20N2O4S/c1-4-14(18)15-8-9-16(21(3,19)20)13-7-5-6-12(10-13)11(2)17/h5-7,10H,4,8-9H2,1-3H3,(H,15,18). The van der Waals surface area contributed by atoms with Crippen molar-refractivity contribution in [2.24, 2.45) is 0 Å². The van der Waals surface area contributed by atoms with Gasteiger partial charge in [0.15, 0.2) is 5.78 Å². The number of carbonyl (C=O) groups excluding carboxylic acids is 2. The molecule has 0 aliphatic rings. The van der Waals surface area contributed by atoms with Crippen LogP contribution < -0.4 is 9.62 Å². The molecule has 0 saturated heterocycles. The van der Waals surface area contributed by atoms with Gasteiger partial charge in [0.25, 0.3) is 0 Å². The van der Waals surface area contributed by atoms with Crippen LogP contribution in [-0.2, 0) is 14.8 Å². The van der Waals surface area contributed by atoms with E-state index in [0.29, 0.717) is 17.7 Å². The molecule has 0 fully saturated rings. The zero-order valence-electron chi connectivity index (χ0n) is 12.4. The summed E-state index contributed by atoms with van der Waals surface area (Å²) in [5, 5.41) is 2.63. The second-order valence-electron chi connectivity index (χ2n) is 4.65. The molecule has 1 rings (SSSR count). The van der Waals surface area contributed by atoms with Gasteiger partial charge in [0, 0.05) is 18.5 Å². The topological polar surface area (TPSA) is 83.6 Å². The lowest BCUT2D eigenvalue weighted by Crippen LogP contribution is -2.38. The van der Waals surface area contributed by atoms with Crippen LogP contribution in [0.3, 0.4) is 0 Å². The second-order valence-corrected chi connectivity index (χ2v) is 6.55. The van der Waals surface area contributed by atoms with Crippen LogP contribution >= 0.6 is 0 Å². The number of hydrogen-bond acceptors (Lipinski definition) is 4. The average Bonchev–Trinajstić information content (AvgIpc) is 2.42. The van der Waals surface area contributed by atoms with Crippen molar-refractivity contribution in [3.05, 3.63) is 29.8 Å². The van der Waals surface area contributed by atoms with Gasteiger partial charge in [0.2, 0.25) is 15.9 Å². The van der Waals surface area contributed by atoms with Gasteiger partial charge in [-0.2, -0.15) is 0 Å². The molecule has 0 aliphatic carbocycles. The molecule has 1 amide bonds. The summed E-state index contributed by atoms with van der Waals surface area (Å²) in [5.41, 5.74) is 0.856. The molecule has 1 aromatic carbocycles. The molecule has 0 saturated carbocycles. The molecule has 0 radical (unpaired) electrons. The maximum Gasteiger partial charge on any atom is 0.232 e. The van der Waals surface area contributed by atoms with Crippen LogP contribution in [0.2, 0.25) is 0 Å². The zero-order valence-corrected chi connectivity index (χ0v) is 13.2. The van der Waals surface area contributed by atoms with Crippen molar-refractivity contribution < 1.29 is 18.0 Å². The lowest BCUT2D eigenvalue weighted by molar-refractivity contribution is -0.120. The average molecular weight is 312 g/mol. The normalized spacial score (nSPS) is 11.0. The van der Waals surface area contributed by atoms with Crippen LogP contribution in [0, 0.1) is 0 Å². The Labute approximate surface area is 125 Å². The molecule has 1 aromatic rings. The summed E-state index contributed by atoms with van der Waals surface area (Å²) in [7, 11) is -3.49. The van der Waals surface area contributed by atoms with Crippen molar-refractivity contribution in [1.29, 1.82) is 0 Å². The Balaban J connectivity index is 2.96. The van der Waals surface area contributed by atoms with E-state index in [9.17, 15) is 18.0 Å². The van der Waals surface area contributed by atoms with E-state index in [0.717, 1.165) is 6.26 Å². The Kier molecular flexibility index (Phi) is 5.90. The van der Waals surface area contributed by atoms with Crippen LogP contribution in [0.15, 0.2) is 24.3 Å². The summed E-state index contributed by atoms with van der Waals surface area (Å²) in [4.78, 5) is 22.6. The molecule has 0 atom stereocenters. The van der Waals surface area contributed by atoms with Gasteiger partial charge in [-0.05, 0) is 19.1 Å². The van der Waals surface area contributed by atoms with E-state index in [2.05, 4.69) is 5.32 Å². The van der Waals surface area contributed by atoms with Gasteiger partial charge in [-0.3, -0.25) is 13.9 Å². The van der Waals surface area contributed by atoms with Crippen molar-refractivity contribution in [3.8, 4) is 0 Å². The van der Waals surface area contributed by atoms with E-state index in [1.54, 1.807) is 25.1 Å². The van der Waals surface area contributed by atoms with Crippen LogP contribution in [0.1, 0.15) is 30.6 Å². The summed E-state index contributed by atoms with van der Waals surface area (Å²) in [5.74, 6) is -0.273. The minimum atomic E-state index is -3.49. The van der Waals surface area contributed by atoms with Crippen LogP contribution in [0.4, 0.5) is 5.69 Å². The SMILES string of the molecule is CCC(=O)NCCN(c1cccc(C(C)=O)c1)S(C)(=O)=O. The Hall–Kier alpha value is -1.89. The first kappa shape index (κ1) is 17.2. The largest absolute Gasteiger partial charge is 0.354 e. The molecule has 116 valence electrons. The predicted octanol–water partition coefficient (Wildman–Crippen LogP) is 1.18. The van der Waals surface area contributed by atoms with E-state index in [1.807, 2.05) is 0 Å². The molecule has 1 N–H and O–H groups in total. The lowest BCUT2D eigenvalue weighted by atomic mass is 10.1. The number of benzene rings is 1. The number of hydrogen-bond donors (Lipinski definition) is 1. The summed E-state index contributed by atoms with van der Waals surface area (Å²) >= 11 is 0. The number of carbonyl (C=O) groups is 2. The number of rotatable bonds is 7. The van der Waals surface area contributed by atoms with Gasteiger partial charge >= 0.3 is 0 Å². The highest BCUT2D eigenvalue weighted by Crippen LogP contribution is 2.19. The van der Waals surface area contributed by atoms with Crippen LogP contribution in [0.5, 0.6) is 0 Å². The minimum absolute atomic E-state index is 0.117. The molecule has 0 aliphatic heterocycles. The molecular weight excluding hydrogens is 292 g/mol. The number of sulfonamides is 1. The van der Waals surface area contributed by atoms with Crippen molar-refractivity contribution in [2.75, 3.05) is 23.7 Å². The van der Waals surface area contributed by atoms with Gasteiger partial charge in [0.1, 0.15) is 0 Å². The Morgan fingerprint density at radius 2 is 1.95 bits per heavy atom. The quantitative estimate of drug-likeness (QED) is 0.766. The summed E-state index contributed by atoms with van der Waals surface area (Å²) in [6.07, 6.45) is 1.44. The first-order valence-electron chi connectivity index (χ1n) is 6.61. The summed E-state index contributed by atoms with van der Waals surface area (Å²) in [6.45, 7) is 3.47. The Bertz CT molecular complexity index is 626. The van der Waals surface area contributed by atoms with Crippen LogP contribution in [0.25, 0.3) is 0 Å². The highest BCUT2D eigenvalue weighted by molar-refractivity contribution is 7.92. The van der Waals surface area contributed by atoms with Crippen molar-refractivity contribution in [3.63, 3.8) is 0 Å². The van der Waals surface area contributed by atoms with Gasteiger partial charge < -0.3 is 5.32 Å². The molecule has 7 heteroatoms.